The summed E-state index contributed by atoms with van der Waals surface area (Å²) in [5.41, 5.74) is 0. The van der Waals surface area contributed by atoms with Crippen LogP contribution in [-0.4, -0.2) is 16.2 Å². The summed E-state index contributed by atoms with van der Waals surface area (Å²) in [4.78, 5) is 0. The summed E-state index contributed by atoms with van der Waals surface area (Å²) < 4.78 is 10.0. The van der Waals surface area contributed by atoms with Crippen molar-refractivity contribution < 1.29 is 24.2 Å². The molecule has 0 aromatic carbocycles. The van der Waals surface area contributed by atoms with E-state index in [1.807, 2.05) is 0 Å². The standard InChI is InChI=1S/CN.Al.O.Ti.H/c1-2;;;;. The fourth-order valence-corrected chi connectivity index (χ4v) is 0. The van der Waals surface area contributed by atoms with Crippen LogP contribution in [0.25, 0.3) is 0 Å². The van der Waals surface area contributed by atoms with Crippen molar-refractivity contribution in [3.63, 3.8) is 0 Å². The van der Waals surface area contributed by atoms with E-state index in [1.54, 1.807) is 4.37 Å². The van der Waals surface area contributed by atoms with Gasteiger partial charge in [0.15, 0.2) is 0 Å². The first kappa shape index (κ1) is 9.11. The van der Waals surface area contributed by atoms with Crippen LogP contribution in [0.4, 0.5) is 0 Å². The van der Waals surface area contributed by atoms with Gasteiger partial charge in [0.05, 0.1) is 0 Å². The van der Waals surface area contributed by atoms with Gasteiger partial charge in [-0.3, -0.25) is 0 Å². The summed E-state index contributed by atoms with van der Waals surface area (Å²) >= 11 is 2.04. The third-order valence-corrected chi connectivity index (χ3v) is 0. The van der Waals surface area contributed by atoms with Crippen molar-refractivity contribution in [3.8, 4) is 4.37 Å². The SMILES string of the molecule is N#[C][Ti].[O]=[AlH]. The number of nitrogens with zero attached hydrogens (tertiary/aromatic N) is 1. The Hall–Kier alpha value is 0.537. The molecule has 0 rings (SSSR count). The van der Waals surface area contributed by atoms with E-state index in [4.69, 9.17) is 9.07 Å². The zero-order chi connectivity index (χ0) is 4.71. The van der Waals surface area contributed by atoms with Crippen LogP contribution in [0.2, 0.25) is 0 Å². The van der Waals surface area contributed by atoms with Gasteiger partial charge in [-0.15, -0.1) is 0 Å². The van der Waals surface area contributed by atoms with Gasteiger partial charge in [0, 0.05) is 0 Å². The molecule has 0 aliphatic rings. The third kappa shape index (κ3) is 101. The first-order chi connectivity index (χ1) is 2.41. The molecule has 0 aliphatic heterocycles. The van der Waals surface area contributed by atoms with Crippen molar-refractivity contribution in [2.75, 3.05) is 0 Å². The number of rotatable bonds is 0. The van der Waals surface area contributed by atoms with Crippen molar-refractivity contribution >= 4 is 16.2 Å². The maximum atomic E-state index is 8.28. The van der Waals surface area contributed by atoms with Crippen LogP contribution in [-0.2, 0) is 24.2 Å². The molecular weight excluding hydrogens is 117 g/mol. The molecule has 23 valence electrons. The van der Waals surface area contributed by atoms with Crippen LogP contribution in [0.1, 0.15) is 0 Å². The second-order valence-corrected chi connectivity index (χ2v) is 0.461. The Labute approximate surface area is 50.2 Å². The average Bonchev–Trinajstić information content (AvgIpc) is 1.46. The van der Waals surface area contributed by atoms with Gasteiger partial charge in [-0.25, -0.2) is 0 Å². The number of hydrogen-bond acceptors (Lipinski definition) is 2. The van der Waals surface area contributed by atoms with Gasteiger partial charge in [0.2, 0.25) is 0 Å². The van der Waals surface area contributed by atoms with Crippen LogP contribution in [0.15, 0.2) is 0 Å². The predicted octanol–water partition coefficient (Wildman–Crippen LogP) is -0.753. The summed E-state index contributed by atoms with van der Waals surface area (Å²) in [7, 11) is 0. The van der Waals surface area contributed by atoms with Gasteiger partial charge < -0.3 is 0 Å². The summed E-state index contributed by atoms with van der Waals surface area (Å²) in [6, 6.07) is 0. The van der Waals surface area contributed by atoms with Gasteiger partial charge in [-0.1, -0.05) is 0 Å². The molecule has 0 fully saturated rings. The van der Waals surface area contributed by atoms with Crippen LogP contribution in [0, 0.1) is 9.64 Å². The fourth-order valence-electron chi connectivity index (χ4n) is 0. The summed E-state index contributed by atoms with van der Waals surface area (Å²) in [5, 5.41) is 7.32. The topological polar surface area (TPSA) is 40.9 Å². The molecular formula is CHAlNOTi. The third-order valence-electron chi connectivity index (χ3n) is 0. The monoisotopic (exact) mass is 118 g/mol. The van der Waals surface area contributed by atoms with Crippen molar-refractivity contribution in [1.29, 1.82) is 5.26 Å². The van der Waals surface area contributed by atoms with Crippen molar-refractivity contribution in [3.05, 3.63) is 0 Å². The Bertz CT molecular complexity index is 41.4. The van der Waals surface area contributed by atoms with E-state index in [0.717, 1.165) is 0 Å². The summed E-state index contributed by atoms with van der Waals surface area (Å²) in [6.07, 6.45) is 0. The first-order valence-corrected chi connectivity index (χ1v) is 2.12. The molecule has 0 bridgehead atoms. The molecule has 0 aromatic heterocycles. The molecule has 0 radical (unpaired) electrons. The molecule has 0 saturated heterocycles. The van der Waals surface area contributed by atoms with Crippen molar-refractivity contribution in [2.45, 2.75) is 0 Å². The Morgan fingerprint density at radius 3 is 1.80 bits per heavy atom. The maximum absolute atomic E-state index is 8.28. The molecule has 0 heterocycles. The minimum absolute atomic E-state index is 0.611. The summed E-state index contributed by atoms with van der Waals surface area (Å²) in [5.74, 6) is 0. The Morgan fingerprint density at radius 2 is 1.80 bits per heavy atom. The molecule has 0 atom stereocenters. The molecule has 0 spiro atoms. The summed E-state index contributed by atoms with van der Waals surface area (Å²) in [6.45, 7) is 0. The van der Waals surface area contributed by atoms with Crippen LogP contribution in [0.5, 0.6) is 0 Å². The van der Waals surface area contributed by atoms with E-state index >= 15 is 0 Å². The van der Waals surface area contributed by atoms with Gasteiger partial charge in [-0.2, -0.15) is 0 Å². The van der Waals surface area contributed by atoms with E-state index in [2.05, 4.69) is 0 Å². The second-order valence-electron chi connectivity index (χ2n) is 0.112. The molecule has 5 heavy (non-hydrogen) atoms. The molecule has 0 amide bonds. The number of nitriles is 1. The fraction of sp³-hybridized carbons (Fsp3) is 0. The van der Waals surface area contributed by atoms with Gasteiger partial charge in [0.25, 0.3) is 0 Å². The van der Waals surface area contributed by atoms with Crippen molar-refractivity contribution in [1.82, 2.24) is 0 Å². The van der Waals surface area contributed by atoms with Gasteiger partial charge >= 0.3 is 50.1 Å². The van der Waals surface area contributed by atoms with E-state index in [9.17, 15) is 0 Å². The van der Waals surface area contributed by atoms with Crippen LogP contribution in [0.3, 0.4) is 0 Å². The molecule has 4 heteroatoms. The van der Waals surface area contributed by atoms with E-state index in [1.165, 1.54) is 20.4 Å². The normalized spacial score (nSPS) is 1.80. The van der Waals surface area contributed by atoms with E-state index in [-0.39, 0.29) is 0 Å². The van der Waals surface area contributed by atoms with E-state index in [0.29, 0.717) is 16.2 Å². The predicted molar refractivity (Wildman–Crippen MR) is 13.4 cm³/mol. The van der Waals surface area contributed by atoms with Crippen molar-refractivity contribution in [2.24, 2.45) is 0 Å². The Morgan fingerprint density at radius 1 is 1.80 bits per heavy atom. The zero-order valence-corrected chi connectivity index (χ0v) is 5.54. The molecule has 0 N–H and O–H groups in total. The Balaban J connectivity index is 0. The molecule has 2 nitrogen and oxygen atoms in total. The number of hydrogen-bond donors (Lipinski definition) is 0. The van der Waals surface area contributed by atoms with E-state index < -0.39 is 0 Å². The second kappa shape index (κ2) is 24.0. The minimum atomic E-state index is 0.611. The van der Waals surface area contributed by atoms with Crippen LogP contribution >= 0.6 is 0 Å². The molecule has 0 aliphatic carbocycles. The zero-order valence-electron chi connectivity index (χ0n) is 2.56. The Kier molecular flexibility index (Phi) is 43.8. The molecule has 0 aromatic rings. The molecule has 0 unspecified atom stereocenters. The average molecular weight is 118 g/mol. The van der Waals surface area contributed by atoms with Gasteiger partial charge in [0.1, 0.15) is 0 Å². The van der Waals surface area contributed by atoms with Crippen LogP contribution < -0.4 is 0 Å². The quantitative estimate of drug-likeness (QED) is 0.392. The van der Waals surface area contributed by atoms with Gasteiger partial charge in [-0.05, 0) is 0 Å². The molecule has 0 saturated carbocycles. The first-order valence-electron chi connectivity index (χ1n) is 0.762.